The molecule has 0 unspecified atom stereocenters. The molecule has 3 aromatic rings. The Balaban J connectivity index is 1.66. The molecule has 0 spiro atoms. The van der Waals surface area contributed by atoms with Gasteiger partial charge in [0.1, 0.15) is 5.82 Å². The Hall–Kier alpha value is -3.02. The number of nitrogens with zero attached hydrogens (tertiary/aromatic N) is 2. The van der Waals surface area contributed by atoms with Crippen LogP contribution < -0.4 is 10.9 Å². The molecule has 1 aliphatic rings. The number of aryl methyl sites for hydroxylation is 1. The molecule has 0 bridgehead atoms. The summed E-state index contributed by atoms with van der Waals surface area (Å²) in [6, 6.07) is 13.7. The van der Waals surface area contributed by atoms with E-state index in [4.69, 9.17) is 0 Å². The van der Waals surface area contributed by atoms with Crippen LogP contribution in [-0.4, -0.2) is 15.7 Å². The molecule has 1 N–H and O–H groups in total. The lowest BCUT2D eigenvalue weighted by molar-refractivity contribution is -0.122. The maximum absolute atomic E-state index is 13.8. The maximum atomic E-state index is 13.8. The molecule has 1 aromatic heterocycles. The number of hydrogen-bond acceptors (Lipinski definition) is 3. The topological polar surface area (TPSA) is 64.0 Å². The second kappa shape index (κ2) is 7.78. The number of carbonyl (C=O) groups excluding carboxylic acids is 1. The van der Waals surface area contributed by atoms with Crippen LogP contribution in [0.5, 0.6) is 0 Å². The summed E-state index contributed by atoms with van der Waals surface area (Å²) in [5, 5.41) is 8.86. The van der Waals surface area contributed by atoms with Gasteiger partial charge in [0, 0.05) is 11.9 Å². The van der Waals surface area contributed by atoms with Crippen molar-refractivity contribution < 1.29 is 9.18 Å². The highest BCUT2D eigenvalue weighted by molar-refractivity contribution is 5.88. The van der Waals surface area contributed by atoms with Crippen molar-refractivity contribution >= 4 is 16.7 Å². The molecule has 1 heterocycles. The van der Waals surface area contributed by atoms with E-state index in [0.717, 1.165) is 31.2 Å². The predicted molar refractivity (Wildman–Crippen MR) is 110 cm³/mol. The molecule has 0 radical (unpaired) electrons. The minimum atomic E-state index is -0.547. The summed E-state index contributed by atoms with van der Waals surface area (Å²) in [6.45, 7) is 2.29. The van der Waals surface area contributed by atoms with Crippen LogP contribution >= 0.6 is 0 Å². The quantitative estimate of drug-likeness (QED) is 0.719. The van der Waals surface area contributed by atoms with Crippen LogP contribution in [0.2, 0.25) is 0 Å². The predicted octanol–water partition coefficient (Wildman–Crippen LogP) is 3.68. The number of amides is 1. The standard InChI is InChI=1S/C23H24FN3O2/c1-2-27-22(29)19-11-4-3-10-18(19)20(26-27)15-21(28)25-23(12-5-6-13-23)16-8-7-9-17(24)14-16/h3-4,7-11,14H,2,5-6,12-13,15H2,1H3,(H,25,28). The summed E-state index contributed by atoms with van der Waals surface area (Å²) in [4.78, 5) is 25.5. The van der Waals surface area contributed by atoms with Gasteiger partial charge in [-0.05, 0) is 43.5 Å². The number of fused-ring (bicyclic) bond motifs is 1. The average Bonchev–Trinajstić information content (AvgIpc) is 3.20. The smallest absolute Gasteiger partial charge is 0.274 e. The van der Waals surface area contributed by atoms with Crippen LogP contribution in [-0.2, 0) is 23.3 Å². The molecule has 0 saturated heterocycles. The summed E-state index contributed by atoms with van der Waals surface area (Å²) in [5.41, 5.74) is 0.680. The highest BCUT2D eigenvalue weighted by Crippen LogP contribution is 2.39. The summed E-state index contributed by atoms with van der Waals surface area (Å²) < 4.78 is 15.2. The molecule has 1 saturated carbocycles. The molecule has 0 aliphatic heterocycles. The number of rotatable bonds is 5. The molecular formula is C23H24FN3O2. The number of benzene rings is 2. The van der Waals surface area contributed by atoms with E-state index in [0.29, 0.717) is 23.0 Å². The fourth-order valence-corrected chi connectivity index (χ4v) is 4.36. The first-order valence-corrected chi connectivity index (χ1v) is 10.1. The van der Waals surface area contributed by atoms with Crippen molar-refractivity contribution in [2.45, 2.75) is 51.1 Å². The molecule has 1 amide bonds. The van der Waals surface area contributed by atoms with E-state index in [9.17, 15) is 14.0 Å². The number of nitrogens with one attached hydrogen (secondary N) is 1. The van der Waals surface area contributed by atoms with Gasteiger partial charge in [-0.25, -0.2) is 9.07 Å². The zero-order chi connectivity index (χ0) is 20.4. The average molecular weight is 393 g/mol. The highest BCUT2D eigenvalue weighted by Gasteiger charge is 2.37. The fourth-order valence-electron chi connectivity index (χ4n) is 4.36. The summed E-state index contributed by atoms with van der Waals surface area (Å²) in [6.07, 6.45) is 3.60. The monoisotopic (exact) mass is 393 g/mol. The van der Waals surface area contributed by atoms with E-state index in [-0.39, 0.29) is 23.7 Å². The Morgan fingerprint density at radius 1 is 1.14 bits per heavy atom. The van der Waals surface area contributed by atoms with Gasteiger partial charge in [0.15, 0.2) is 0 Å². The normalized spacial score (nSPS) is 15.5. The van der Waals surface area contributed by atoms with Crippen LogP contribution in [0.25, 0.3) is 10.8 Å². The highest BCUT2D eigenvalue weighted by atomic mass is 19.1. The van der Waals surface area contributed by atoms with Crippen LogP contribution in [0.3, 0.4) is 0 Å². The Morgan fingerprint density at radius 3 is 2.55 bits per heavy atom. The van der Waals surface area contributed by atoms with E-state index in [1.165, 1.54) is 16.8 Å². The minimum absolute atomic E-state index is 0.0673. The Labute approximate surface area is 168 Å². The third-order valence-electron chi connectivity index (χ3n) is 5.78. The number of carbonyl (C=O) groups is 1. The van der Waals surface area contributed by atoms with Gasteiger partial charge < -0.3 is 5.32 Å². The van der Waals surface area contributed by atoms with Gasteiger partial charge in [-0.15, -0.1) is 0 Å². The molecule has 2 aromatic carbocycles. The van der Waals surface area contributed by atoms with Crippen LogP contribution in [0.1, 0.15) is 43.9 Å². The van der Waals surface area contributed by atoms with Crippen molar-refractivity contribution in [3.05, 3.63) is 76.0 Å². The van der Waals surface area contributed by atoms with E-state index in [1.807, 2.05) is 31.2 Å². The minimum Gasteiger partial charge on any atom is -0.346 e. The molecule has 1 fully saturated rings. The summed E-state index contributed by atoms with van der Waals surface area (Å²) >= 11 is 0. The van der Waals surface area contributed by atoms with Gasteiger partial charge in [-0.3, -0.25) is 9.59 Å². The van der Waals surface area contributed by atoms with Crippen molar-refractivity contribution in [3.63, 3.8) is 0 Å². The van der Waals surface area contributed by atoms with Crippen molar-refractivity contribution in [1.82, 2.24) is 15.1 Å². The molecular weight excluding hydrogens is 369 g/mol. The molecule has 4 rings (SSSR count). The van der Waals surface area contributed by atoms with Crippen molar-refractivity contribution in [1.29, 1.82) is 0 Å². The van der Waals surface area contributed by atoms with E-state index in [1.54, 1.807) is 12.1 Å². The van der Waals surface area contributed by atoms with Crippen LogP contribution in [0.4, 0.5) is 4.39 Å². The lowest BCUT2D eigenvalue weighted by Gasteiger charge is -2.31. The largest absolute Gasteiger partial charge is 0.346 e. The fraction of sp³-hybridized carbons (Fsp3) is 0.348. The van der Waals surface area contributed by atoms with Gasteiger partial charge in [0.25, 0.3) is 5.56 Å². The second-order valence-corrected chi connectivity index (χ2v) is 7.64. The molecule has 29 heavy (non-hydrogen) atoms. The second-order valence-electron chi connectivity index (χ2n) is 7.64. The van der Waals surface area contributed by atoms with E-state index >= 15 is 0 Å². The zero-order valence-electron chi connectivity index (χ0n) is 16.5. The van der Waals surface area contributed by atoms with Crippen molar-refractivity contribution in [2.24, 2.45) is 0 Å². The van der Waals surface area contributed by atoms with Gasteiger partial charge in [-0.1, -0.05) is 43.2 Å². The number of aromatic nitrogens is 2. The first-order valence-electron chi connectivity index (χ1n) is 10.1. The van der Waals surface area contributed by atoms with Gasteiger partial charge in [0.2, 0.25) is 5.91 Å². The van der Waals surface area contributed by atoms with Gasteiger partial charge in [-0.2, -0.15) is 5.10 Å². The summed E-state index contributed by atoms with van der Waals surface area (Å²) in [7, 11) is 0. The summed E-state index contributed by atoms with van der Waals surface area (Å²) in [5.74, 6) is -0.471. The Morgan fingerprint density at radius 2 is 1.86 bits per heavy atom. The SMILES string of the molecule is CCn1nc(CC(=O)NC2(c3cccc(F)c3)CCCC2)c2ccccc2c1=O. The maximum Gasteiger partial charge on any atom is 0.274 e. The number of halogens is 1. The third kappa shape index (κ3) is 3.67. The first kappa shape index (κ1) is 19.3. The molecule has 6 heteroatoms. The van der Waals surface area contributed by atoms with E-state index < -0.39 is 5.54 Å². The number of hydrogen-bond donors (Lipinski definition) is 1. The van der Waals surface area contributed by atoms with Crippen LogP contribution in [0.15, 0.2) is 53.3 Å². The lowest BCUT2D eigenvalue weighted by atomic mass is 9.87. The Bertz CT molecular complexity index is 1120. The molecule has 0 atom stereocenters. The van der Waals surface area contributed by atoms with Gasteiger partial charge >= 0.3 is 0 Å². The third-order valence-corrected chi connectivity index (χ3v) is 5.78. The van der Waals surface area contributed by atoms with Crippen LogP contribution in [0, 0.1) is 5.82 Å². The lowest BCUT2D eigenvalue weighted by Crippen LogP contribution is -2.44. The molecule has 1 aliphatic carbocycles. The van der Waals surface area contributed by atoms with Crippen molar-refractivity contribution in [3.8, 4) is 0 Å². The molecule has 5 nitrogen and oxygen atoms in total. The van der Waals surface area contributed by atoms with Crippen molar-refractivity contribution in [2.75, 3.05) is 0 Å². The Kier molecular flexibility index (Phi) is 5.18. The molecule has 150 valence electrons. The van der Waals surface area contributed by atoms with Gasteiger partial charge in [0.05, 0.1) is 23.0 Å². The zero-order valence-corrected chi connectivity index (χ0v) is 16.5. The van der Waals surface area contributed by atoms with E-state index in [2.05, 4.69) is 10.4 Å². The first-order chi connectivity index (χ1) is 14.0.